The molecule has 0 radical (unpaired) electrons. The maximum absolute atomic E-state index is 12.5. The highest BCUT2D eigenvalue weighted by Crippen LogP contribution is 2.24. The van der Waals surface area contributed by atoms with Gasteiger partial charge >= 0.3 is 0 Å². The minimum Gasteiger partial charge on any atom is -0.348 e. The lowest BCUT2D eigenvalue weighted by atomic mass is 10.1. The first kappa shape index (κ1) is 17.5. The number of fused-ring (bicyclic) bond motifs is 1. The van der Waals surface area contributed by atoms with Crippen LogP contribution in [0.2, 0.25) is 0 Å². The van der Waals surface area contributed by atoms with Crippen molar-refractivity contribution in [2.75, 3.05) is 16.6 Å². The molecule has 1 saturated heterocycles. The zero-order valence-corrected chi connectivity index (χ0v) is 15.6. The number of carbonyl (C=O) groups excluding carboxylic acids is 1. The number of benzene rings is 3. The predicted octanol–water partition coefficient (Wildman–Crippen LogP) is 3.31. The van der Waals surface area contributed by atoms with Crippen LogP contribution in [0.25, 0.3) is 10.8 Å². The number of amides is 1. The largest absolute Gasteiger partial charge is 0.348 e. The van der Waals surface area contributed by atoms with Gasteiger partial charge < -0.3 is 5.32 Å². The van der Waals surface area contributed by atoms with Gasteiger partial charge in [0.25, 0.3) is 5.91 Å². The molecule has 5 nitrogen and oxygen atoms in total. The number of carbonyl (C=O) groups is 1. The van der Waals surface area contributed by atoms with E-state index < -0.39 is 10.0 Å². The summed E-state index contributed by atoms with van der Waals surface area (Å²) in [6.45, 7) is 0.875. The number of nitrogens with zero attached hydrogens (tertiary/aromatic N) is 1. The van der Waals surface area contributed by atoms with Gasteiger partial charge in [0.05, 0.1) is 11.4 Å². The first-order valence-electron chi connectivity index (χ1n) is 8.89. The number of nitrogens with one attached hydrogen (secondary N) is 1. The van der Waals surface area contributed by atoms with Crippen LogP contribution >= 0.6 is 0 Å². The molecule has 0 aliphatic carbocycles. The van der Waals surface area contributed by atoms with Crippen molar-refractivity contribution in [3.8, 4) is 0 Å². The minimum absolute atomic E-state index is 0.158. The Hall–Kier alpha value is -2.86. The number of rotatable bonds is 4. The molecule has 1 fully saturated rings. The van der Waals surface area contributed by atoms with Gasteiger partial charge in [-0.15, -0.1) is 0 Å². The number of sulfonamides is 1. The summed E-state index contributed by atoms with van der Waals surface area (Å²) in [6.07, 6.45) is 0.612. The van der Waals surface area contributed by atoms with Crippen LogP contribution in [0.3, 0.4) is 0 Å². The first-order valence-corrected chi connectivity index (χ1v) is 10.5. The van der Waals surface area contributed by atoms with Crippen molar-refractivity contribution < 1.29 is 13.2 Å². The van der Waals surface area contributed by atoms with Crippen LogP contribution in [-0.2, 0) is 16.6 Å². The molecule has 27 heavy (non-hydrogen) atoms. The van der Waals surface area contributed by atoms with Crippen LogP contribution in [0, 0.1) is 0 Å². The van der Waals surface area contributed by atoms with Crippen molar-refractivity contribution in [1.82, 2.24) is 5.32 Å². The highest BCUT2D eigenvalue weighted by Gasteiger charge is 2.28. The Kier molecular flexibility index (Phi) is 4.58. The molecule has 1 heterocycles. The highest BCUT2D eigenvalue weighted by atomic mass is 32.2. The van der Waals surface area contributed by atoms with E-state index in [0.717, 1.165) is 16.3 Å². The summed E-state index contributed by atoms with van der Waals surface area (Å²) < 4.78 is 25.6. The summed E-state index contributed by atoms with van der Waals surface area (Å²) in [5, 5.41) is 5.20. The number of hydrogen-bond acceptors (Lipinski definition) is 3. The Bertz CT molecular complexity index is 1110. The lowest BCUT2D eigenvalue weighted by Crippen LogP contribution is -2.26. The van der Waals surface area contributed by atoms with Gasteiger partial charge in [-0.25, -0.2) is 8.42 Å². The van der Waals surface area contributed by atoms with E-state index in [2.05, 4.69) is 17.4 Å². The summed E-state index contributed by atoms with van der Waals surface area (Å²) in [4.78, 5) is 12.5. The average Bonchev–Trinajstić information content (AvgIpc) is 3.05. The van der Waals surface area contributed by atoms with E-state index in [4.69, 9.17) is 0 Å². The third-order valence-electron chi connectivity index (χ3n) is 4.76. The van der Waals surface area contributed by atoms with Crippen molar-refractivity contribution in [2.45, 2.75) is 13.0 Å². The fraction of sp³-hybridized carbons (Fsp3) is 0.190. The molecule has 0 saturated carbocycles. The topological polar surface area (TPSA) is 66.5 Å². The number of hydrogen-bond donors (Lipinski definition) is 1. The van der Waals surface area contributed by atoms with Gasteiger partial charge in [-0.05, 0) is 47.0 Å². The molecule has 4 rings (SSSR count). The van der Waals surface area contributed by atoms with Gasteiger partial charge in [-0.3, -0.25) is 9.10 Å². The fourth-order valence-electron chi connectivity index (χ4n) is 3.36. The molecule has 0 aromatic heterocycles. The Morgan fingerprint density at radius 2 is 1.78 bits per heavy atom. The fourth-order valence-corrected chi connectivity index (χ4v) is 4.92. The second-order valence-electron chi connectivity index (χ2n) is 6.66. The monoisotopic (exact) mass is 380 g/mol. The van der Waals surface area contributed by atoms with Gasteiger partial charge in [-0.2, -0.15) is 0 Å². The Morgan fingerprint density at radius 3 is 2.56 bits per heavy atom. The van der Waals surface area contributed by atoms with Crippen LogP contribution < -0.4 is 9.62 Å². The van der Waals surface area contributed by atoms with Gasteiger partial charge in [0, 0.05) is 18.7 Å². The molecule has 0 spiro atoms. The molecule has 3 aromatic rings. The zero-order valence-electron chi connectivity index (χ0n) is 14.8. The van der Waals surface area contributed by atoms with Crippen molar-refractivity contribution in [1.29, 1.82) is 0 Å². The van der Waals surface area contributed by atoms with Crippen molar-refractivity contribution in [2.24, 2.45) is 0 Å². The maximum Gasteiger partial charge on any atom is 0.251 e. The Morgan fingerprint density at radius 1 is 0.963 bits per heavy atom. The lowest BCUT2D eigenvalue weighted by Gasteiger charge is -2.17. The summed E-state index contributed by atoms with van der Waals surface area (Å²) in [7, 11) is -3.26. The van der Waals surface area contributed by atoms with Crippen molar-refractivity contribution in [3.63, 3.8) is 0 Å². The standard InChI is InChI=1S/C21H20N2O3S/c24-21(22-15-16-9-10-17-5-1-2-6-18(17)13-16)19-7-3-8-20(14-19)23-11-4-12-27(23,25)26/h1-3,5-10,13-14H,4,11-12,15H2,(H,22,24). The SMILES string of the molecule is O=C(NCc1ccc2ccccc2c1)c1cccc(N2CCCS2(=O)=O)c1. The van der Waals surface area contributed by atoms with E-state index in [1.807, 2.05) is 30.3 Å². The lowest BCUT2D eigenvalue weighted by molar-refractivity contribution is 0.0951. The summed E-state index contributed by atoms with van der Waals surface area (Å²) in [6, 6.07) is 20.9. The molecule has 1 aliphatic heterocycles. The first-order chi connectivity index (χ1) is 13.0. The Labute approximate surface area is 158 Å². The van der Waals surface area contributed by atoms with Crippen molar-refractivity contribution >= 4 is 32.4 Å². The minimum atomic E-state index is -3.26. The van der Waals surface area contributed by atoms with E-state index in [-0.39, 0.29) is 11.7 Å². The van der Waals surface area contributed by atoms with Crippen LogP contribution in [0.15, 0.2) is 66.7 Å². The van der Waals surface area contributed by atoms with E-state index in [1.54, 1.807) is 24.3 Å². The second kappa shape index (κ2) is 7.04. The molecule has 1 aliphatic rings. The molecule has 0 bridgehead atoms. The van der Waals surface area contributed by atoms with Gasteiger partial charge in [0.1, 0.15) is 0 Å². The predicted molar refractivity (Wildman–Crippen MR) is 107 cm³/mol. The molecule has 0 unspecified atom stereocenters. The normalized spacial score (nSPS) is 15.8. The zero-order chi connectivity index (χ0) is 18.9. The van der Waals surface area contributed by atoms with E-state index in [0.29, 0.717) is 30.8 Å². The van der Waals surface area contributed by atoms with Gasteiger partial charge in [-0.1, -0.05) is 42.5 Å². The number of anilines is 1. The van der Waals surface area contributed by atoms with Crippen LogP contribution in [-0.4, -0.2) is 26.6 Å². The molecule has 1 amide bonds. The summed E-state index contributed by atoms with van der Waals surface area (Å²) in [5.74, 6) is -0.0626. The van der Waals surface area contributed by atoms with E-state index in [1.165, 1.54) is 4.31 Å². The van der Waals surface area contributed by atoms with Gasteiger partial charge in [0.15, 0.2) is 0 Å². The summed E-state index contributed by atoms with van der Waals surface area (Å²) in [5.41, 5.74) is 2.02. The molecular weight excluding hydrogens is 360 g/mol. The highest BCUT2D eigenvalue weighted by molar-refractivity contribution is 7.93. The van der Waals surface area contributed by atoms with Crippen molar-refractivity contribution in [3.05, 3.63) is 77.9 Å². The summed E-state index contributed by atoms with van der Waals surface area (Å²) >= 11 is 0. The Balaban J connectivity index is 1.49. The van der Waals surface area contributed by atoms with E-state index >= 15 is 0 Å². The third-order valence-corrected chi connectivity index (χ3v) is 6.63. The van der Waals surface area contributed by atoms with Crippen LogP contribution in [0.4, 0.5) is 5.69 Å². The average molecular weight is 380 g/mol. The van der Waals surface area contributed by atoms with Crippen LogP contribution in [0.5, 0.6) is 0 Å². The molecule has 138 valence electrons. The quantitative estimate of drug-likeness (QED) is 0.755. The smallest absolute Gasteiger partial charge is 0.251 e. The molecule has 6 heteroatoms. The molecular formula is C21H20N2O3S. The molecule has 3 aromatic carbocycles. The van der Waals surface area contributed by atoms with Gasteiger partial charge in [0.2, 0.25) is 10.0 Å². The molecule has 1 N–H and O–H groups in total. The third kappa shape index (κ3) is 3.66. The van der Waals surface area contributed by atoms with Crippen LogP contribution in [0.1, 0.15) is 22.3 Å². The second-order valence-corrected chi connectivity index (χ2v) is 8.67. The van der Waals surface area contributed by atoms with E-state index in [9.17, 15) is 13.2 Å². The molecule has 0 atom stereocenters. The maximum atomic E-state index is 12.5.